The van der Waals surface area contributed by atoms with Gasteiger partial charge in [-0.3, -0.25) is 19.1 Å². The zero-order chi connectivity index (χ0) is 27.5. The summed E-state index contributed by atoms with van der Waals surface area (Å²) in [5, 5.41) is 4.12. The Kier molecular flexibility index (Phi) is 7.94. The molecule has 2 saturated heterocycles. The minimum atomic E-state index is -0.0916. The zero-order valence-electron chi connectivity index (χ0n) is 23.1. The molecule has 39 heavy (non-hydrogen) atoms. The maximum Gasteiger partial charge on any atom is 0.252 e. The van der Waals surface area contributed by atoms with Crippen LogP contribution >= 0.6 is 0 Å². The summed E-state index contributed by atoms with van der Waals surface area (Å²) < 4.78 is 1.72. The van der Waals surface area contributed by atoms with Crippen LogP contribution in [0.5, 0.6) is 0 Å². The lowest BCUT2D eigenvalue weighted by atomic mass is 10.1. The highest BCUT2D eigenvalue weighted by molar-refractivity contribution is 5.87. The van der Waals surface area contributed by atoms with Crippen molar-refractivity contribution in [2.75, 3.05) is 63.1 Å². The fraction of sp³-hybridized carbons (Fsp3) is 0.448. The molecule has 1 aromatic carbocycles. The van der Waals surface area contributed by atoms with Gasteiger partial charge in [-0.15, -0.1) is 0 Å². The average molecular weight is 531 g/mol. The lowest BCUT2D eigenvalue weighted by Gasteiger charge is -2.39. The van der Waals surface area contributed by atoms with Crippen LogP contribution in [0.15, 0.2) is 60.0 Å². The minimum Gasteiger partial charge on any atom is -0.369 e. The SMILES string of the molecule is C=CC(=O)N1CCN(CCn2c(=O)ccc3cnc(Nc4ccc(N5CCN(C)[C@@H](C)C5)cc4)nc32)[C@@H](C)C1. The molecule has 2 aliphatic heterocycles. The van der Waals surface area contributed by atoms with Gasteiger partial charge < -0.3 is 20.0 Å². The van der Waals surface area contributed by atoms with Crippen molar-refractivity contribution in [3.8, 4) is 0 Å². The lowest BCUT2D eigenvalue weighted by Crippen LogP contribution is -2.54. The standard InChI is InChI=1S/C29H38N8O2/c1-5-26(38)36-15-14-34(22(3)20-36)16-17-37-27(39)11-6-23-18-30-29(32-28(23)37)31-24-7-9-25(10-8-24)35-13-12-33(4)21(2)19-35/h5-11,18,21-22H,1,12-17,19-20H2,2-4H3,(H,30,31,32)/t21-,22-/m0/s1. The van der Waals surface area contributed by atoms with Crippen molar-refractivity contribution in [2.45, 2.75) is 32.5 Å². The number of carbonyl (C=O) groups is 1. The maximum absolute atomic E-state index is 12.9. The number of aromatic nitrogens is 3. The van der Waals surface area contributed by atoms with E-state index in [-0.39, 0.29) is 17.5 Å². The van der Waals surface area contributed by atoms with E-state index in [2.05, 4.69) is 64.6 Å². The van der Waals surface area contributed by atoms with E-state index in [9.17, 15) is 9.59 Å². The second-order valence-electron chi connectivity index (χ2n) is 10.6. The summed E-state index contributed by atoms with van der Waals surface area (Å²) in [5.41, 5.74) is 2.62. The van der Waals surface area contributed by atoms with Crippen molar-refractivity contribution >= 4 is 34.3 Å². The molecule has 1 N–H and O–H groups in total. The number of amides is 1. The Morgan fingerprint density at radius 2 is 1.82 bits per heavy atom. The van der Waals surface area contributed by atoms with E-state index >= 15 is 0 Å². The molecule has 2 atom stereocenters. The molecule has 2 aliphatic rings. The number of rotatable bonds is 7. The molecule has 3 aromatic rings. The van der Waals surface area contributed by atoms with E-state index in [0.717, 1.165) is 37.3 Å². The van der Waals surface area contributed by atoms with Crippen LogP contribution in [-0.2, 0) is 11.3 Å². The van der Waals surface area contributed by atoms with Crippen molar-refractivity contribution in [3.05, 3.63) is 65.6 Å². The fourth-order valence-corrected chi connectivity index (χ4v) is 5.40. The number of benzene rings is 1. The van der Waals surface area contributed by atoms with Gasteiger partial charge in [0.05, 0.1) is 0 Å². The van der Waals surface area contributed by atoms with Crippen molar-refractivity contribution in [3.63, 3.8) is 0 Å². The van der Waals surface area contributed by atoms with Gasteiger partial charge in [0.2, 0.25) is 11.9 Å². The smallest absolute Gasteiger partial charge is 0.252 e. The summed E-state index contributed by atoms with van der Waals surface area (Å²) in [4.78, 5) is 43.0. The van der Waals surface area contributed by atoms with Crippen LogP contribution in [0, 0.1) is 0 Å². The Bertz CT molecular complexity index is 1390. The summed E-state index contributed by atoms with van der Waals surface area (Å²) >= 11 is 0. The molecule has 0 aliphatic carbocycles. The Morgan fingerprint density at radius 1 is 1.03 bits per heavy atom. The quantitative estimate of drug-likeness (QED) is 0.466. The average Bonchev–Trinajstić information content (AvgIpc) is 2.94. The Balaban J connectivity index is 1.28. The lowest BCUT2D eigenvalue weighted by molar-refractivity contribution is -0.128. The summed E-state index contributed by atoms with van der Waals surface area (Å²) in [6, 6.07) is 12.4. The highest BCUT2D eigenvalue weighted by Gasteiger charge is 2.25. The third-order valence-corrected chi connectivity index (χ3v) is 8.03. The predicted octanol–water partition coefficient (Wildman–Crippen LogP) is 2.39. The van der Waals surface area contributed by atoms with Crippen LogP contribution in [0.2, 0.25) is 0 Å². The second-order valence-corrected chi connectivity index (χ2v) is 10.6. The van der Waals surface area contributed by atoms with Crippen molar-refractivity contribution in [1.82, 2.24) is 29.2 Å². The van der Waals surface area contributed by atoms with Gasteiger partial charge in [0.25, 0.3) is 5.56 Å². The number of fused-ring (bicyclic) bond motifs is 1. The van der Waals surface area contributed by atoms with E-state index in [1.807, 2.05) is 17.0 Å². The molecular formula is C29H38N8O2. The summed E-state index contributed by atoms with van der Waals surface area (Å²) in [6.07, 6.45) is 3.12. The number of nitrogens with one attached hydrogen (secondary N) is 1. The minimum absolute atomic E-state index is 0.0351. The van der Waals surface area contributed by atoms with Crippen LogP contribution in [0.25, 0.3) is 11.0 Å². The number of hydrogen-bond donors (Lipinski definition) is 1. The van der Waals surface area contributed by atoms with Gasteiger partial charge in [-0.05, 0) is 57.3 Å². The molecule has 2 fully saturated rings. The largest absolute Gasteiger partial charge is 0.369 e. The monoisotopic (exact) mass is 530 g/mol. The molecular weight excluding hydrogens is 492 g/mol. The van der Waals surface area contributed by atoms with E-state index in [4.69, 9.17) is 4.98 Å². The number of hydrogen-bond acceptors (Lipinski definition) is 8. The number of nitrogens with zero attached hydrogens (tertiary/aromatic N) is 7. The third-order valence-electron chi connectivity index (χ3n) is 8.03. The van der Waals surface area contributed by atoms with Crippen LogP contribution in [0.1, 0.15) is 13.8 Å². The van der Waals surface area contributed by atoms with Gasteiger partial charge in [-0.25, -0.2) is 4.98 Å². The van der Waals surface area contributed by atoms with Gasteiger partial charge in [-0.2, -0.15) is 4.98 Å². The molecule has 10 nitrogen and oxygen atoms in total. The van der Waals surface area contributed by atoms with Crippen molar-refractivity contribution in [2.24, 2.45) is 0 Å². The van der Waals surface area contributed by atoms with E-state index < -0.39 is 0 Å². The fourth-order valence-electron chi connectivity index (χ4n) is 5.40. The highest BCUT2D eigenvalue weighted by Crippen LogP contribution is 2.23. The Hall–Kier alpha value is -3.76. The number of anilines is 3. The third kappa shape index (κ3) is 5.97. The summed E-state index contributed by atoms with van der Waals surface area (Å²) in [6.45, 7) is 14.3. The molecule has 5 rings (SSSR count). The topological polar surface area (TPSA) is 89.8 Å². The van der Waals surface area contributed by atoms with Crippen LogP contribution in [0.3, 0.4) is 0 Å². The molecule has 0 radical (unpaired) electrons. The first-order valence-electron chi connectivity index (χ1n) is 13.7. The van der Waals surface area contributed by atoms with Crippen LogP contribution in [-0.4, -0.2) is 100 Å². The first-order valence-corrected chi connectivity index (χ1v) is 13.7. The molecule has 0 unspecified atom stereocenters. The van der Waals surface area contributed by atoms with Gasteiger partial charge >= 0.3 is 0 Å². The number of carbonyl (C=O) groups excluding carboxylic acids is 1. The number of pyridine rings is 1. The van der Waals surface area contributed by atoms with Crippen LogP contribution < -0.4 is 15.8 Å². The first-order chi connectivity index (χ1) is 18.8. The summed E-state index contributed by atoms with van der Waals surface area (Å²) in [5.74, 6) is 0.416. The predicted molar refractivity (Wildman–Crippen MR) is 156 cm³/mol. The van der Waals surface area contributed by atoms with Gasteiger partial charge in [-0.1, -0.05) is 6.58 Å². The zero-order valence-corrected chi connectivity index (χ0v) is 23.1. The maximum atomic E-state index is 12.9. The van der Waals surface area contributed by atoms with Gasteiger partial charge in [0, 0.05) is 93.5 Å². The van der Waals surface area contributed by atoms with Gasteiger partial charge in [0.1, 0.15) is 5.65 Å². The Labute approximate surface area is 229 Å². The summed E-state index contributed by atoms with van der Waals surface area (Å²) in [7, 11) is 2.17. The van der Waals surface area contributed by atoms with Crippen molar-refractivity contribution < 1.29 is 4.79 Å². The normalized spacial score (nSPS) is 20.8. The van der Waals surface area contributed by atoms with E-state index in [1.165, 1.54) is 11.8 Å². The molecule has 0 bridgehead atoms. The molecule has 4 heterocycles. The molecule has 1 amide bonds. The molecule has 10 heteroatoms. The van der Waals surface area contributed by atoms with Crippen LogP contribution in [0.4, 0.5) is 17.3 Å². The van der Waals surface area contributed by atoms with Crippen molar-refractivity contribution in [1.29, 1.82) is 0 Å². The molecule has 0 saturated carbocycles. The van der Waals surface area contributed by atoms with E-state index in [0.29, 0.717) is 43.8 Å². The molecule has 206 valence electrons. The molecule has 2 aromatic heterocycles. The molecule has 0 spiro atoms. The van der Waals surface area contributed by atoms with E-state index in [1.54, 1.807) is 22.9 Å². The number of likely N-dealkylation sites (N-methyl/N-ethyl adjacent to an activating group) is 1. The number of piperazine rings is 2. The Morgan fingerprint density at radius 3 is 2.54 bits per heavy atom. The van der Waals surface area contributed by atoms with Gasteiger partial charge in [0.15, 0.2) is 0 Å². The second kappa shape index (κ2) is 11.5. The highest BCUT2D eigenvalue weighted by atomic mass is 16.2. The first kappa shape index (κ1) is 26.8.